The fourth-order valence-electron chi connectivity index (χ4n) is 2.97. The Morgan fingerprint density at radius 2 is 1.13 bits per heavy atom. The van der Waals surface area contributed by atoms with Crippen molar-refractivity contribution >= 4 is 64.5 Å². The predicted molar refractivity (Wildman–Crippen MR) is 136 cm³/mol. The van der Waals surface area contributed by atoms with E-state index < -0.39 is 41.9 Å². The first kappa shape index (κ1) is 28.5. The van der Waals surface area contributed by atoms with E-state index in [1.54, 1.807) is 0 Å². The number of carboxylic acids is 1. The van der Waals surface area contributed by atoms with E-state index in [1.165, 1.54) is 72.8 Å². The fraction of sp³-hybridized carbons (Fsp3) is 0.0800. The number of carbonyl (C=O) groups excluding carboxylic acids is 4. The van der Waals surface area contributed by atoms with Gasteiger partial charge in [0, 0.05) is 10.6 Å². The van der Waals surface area contributed by atoms with E-state index in [2.05, 4.69) is 5.43 Å². The Hall–Kier alpha value is -4.12. The van der Waals surface area contributed by atoms with Gasteiger partial charge in [0.1, 0.15) is 0 Å². The van der Waals surface area contributed by atoms with Crippen molar-refractivity contribution in [3.63, 3.8) is 0 Å². The van der Waals surface area contributed by atoms with Gasteiger partial charge < -0.3 is 14.6 Å². The zero-order valence-electron chi connectivity index (χ0n) is 19.0. The molecule has 10 nitrogen and oxygen atoms in total. The number of carboxylic acid groups (broad SMARTS) is 1. The van der Waals surface area contributed by atoms with Crippen LogP contribution < -0.4 is 10.9 Å². The van der Waals surface area contributed by atoms with Gasteiger partial charge in [-0.25, -0.2) is 14.4 Å². The topological polar surface area (TPSA) is 148 Å². The molecule has 0 bridgehead atoms. The second kappa shape index (κ2) is 12.9. The lowest BCUT2D eigenvalue weighted by molar-refractivity contribution is -0.159. The molecule has 0 spiro atoms. The molecule has 196 valence electrons. The highest BCUT2D eigenvalue weighted by Crippen LogP contribution is 2.21. The summed E-state index contributed by atoms with van der Waals surface area (Å²) >= 11 is 17.8. The Morgan fingerprint density at radius 3 is 1.61 bits per heavy atom. The minimum Gasteiger partial charge on any atom is -0.478 e. The third-order valence-corrected chi connectivity index (χ3v) is 5.75. The van der Waals surface area contributed by atoms with Gasteiger partial charge in [-0.05, 0) is 48.5 Å². The number of hydrogen-bond donors (Lipinski definition) is 3. The average molecular weight is 580 g/mol. The van der Waals surface area contributed by atoms with Crippen molar-refractivity contribution in [1.82, 2.24) is 10.9 Å². The summed E-state index contributed by atoms with van der Waals surface area (Å²) in [5.74, 6) is -6.36. The molecule has 3 N–H and O–H groups in total. The van der Waals surface area contributed by atoms with Gasteiger partial charge in [-0.2, -0.15) is 0 Å². The molecule has 0 fully saturated rings. The zero-order chi connectivity index (χ0) is 27.8. The number of nitrogens with one attached hydrogen (secondary N) is 2. The molecule has 0 heterocycles. The number of amides is 2. The maximum Gasteiger partial charge on any atom is 0.349 e. The number of halogens is 3. The summed E-state index contributed by atoms with van der Waals surface area (Å²) < 4.78 is 10.1. The van der Waals surface area contributed by atoms with Crippen molar-refractivity contribution in [3.05, 3.63) is 105 Å². The number of hydrogen-bond acceptors (Lipinski definition) is 7. The maximum absolute atomic E-state index is 13.0. The van der Waals surface area contributed by atoms with Crippen LogP contribution in [0.1, 0.15) is 31.1 Å². The quantitative estimate of drug-likeness (QED) is 0.268. The SMILES string of the molecule is O=C(NNC(=O)[C@@H](OC(=O)c1ccccc1Cl)[C@H](OC(=O)c1ccccc1Cl)C(=O)O)c1ccc(Cl)cc1. The fourth-order valence-corrected chi connectivity index (χ4v) is 3.52. The first-order valence-corrected chi connectivity index (χ1v) is 11.7. The second-order valence-electron chi connectivity index (χ2n) is 7.40. The molecule has 3 aromatic rings. The van der Waals surface area contributed by atoms with Crippen LogP contribution in [0.2, 0.25) is 15.1 Å². The lowest BCUT2D eigenvalue weighted by Gasteiger charge is -2.24. The van der Waals surface area contributed by atoms with Crippen molar-refractivity contribution in [2.75, 3.05) is 0 Å². The molecule has 0 aromatic heterocycles. The Bertz CT molecular complexity index is 1380. The molecule has 0 unspecified atom stereocenters. The van der Waals surface area contributed by atoms with Crippen molar-refractivity contribution in [1.29, 1.82) is 0 Å². The summed E-state index contributed by atoms with van der Waals surface area (Å²) in [6.07, 6.45) is -4.62. The van der Waals surface area contributed by atoms with Gasteiger partial charge in [-0.15, -0.1) is 0 Å². The van der Waals surface area contributed by atoms with E-state index in [-0.39, 0.29) is 26.7 Å². The van der Waals surface area contributed by atoms with Gasteiger partial charge in [-0.3, -0.25) is 20.4 Å². The summed E-state index contributed by atoms with van der Waals surface area (Å²) in [5.41, 5.74) is 3.72. The first-order chi connectivity index (χ1) is 18.1. The highest BCUT2D eigenvalue weighted by atomic mass is 35.5. The van der Waals surface area contributed by atoms with Crippen LogP contribution in [0.25, 0.3) is 0 Å². The number of carbonyl (C=O) groups is 5. The standard InChI is InChI=1S/C25H17Cl3N2O8/c26-14-11-9-13(10-12-14)21(31)29-30-22(32)19(37-24(35)15-5-1-3-7-17(15)27)20(23(33)34)38-25(36)16-6-2-4-8-18(16)28/h1-12,19-20H,(H,29,31)(H,30,32)(H,33,34)/t19-,20-/m0/s1. The van der Waals surface area contributed by atoms with E-state index in [1.807, 2.05) is 5.43 Å². The smallest absolute Gasteiger partial charge is 0.349 e. The Balaban J connectivity index is 1.87. The van der Waals surface area contributed by atoms with Crippen LogP contribution in [0.5, 0.6) is 0 Å². The lowest BCUT2D eigenvalue weighted by Crippen LogP contribution is -2.54. The summed E-state index contributed by atoms with van der Waals surface area (Å²) in [5, 5.41) is 10.0. The maximum atomic E-state index is 13.0. The first-order valence-electron chi connectivity index (χ1n) is 10.6. The van der Waals surface area contributed by atoms with Gasteiger partial charge in [0.05, 0.1) is 21.2 Å². The summed E-state index contributed by atoms with van der Waals surface area (Å²) in [6, 6.07) is 16.8. The zero-order valence-corrected chi connectivity index (χ0v) is 21.3. The third-order valence-electron chi connectivity index (χ3n) is 4.84. The van der Waals surface area contributed by atoms with Gasteiger partial charge in [0.25, 0.3) is 11.8 Å². The molecular weight excluding hydrogens is 563 g/mol. The van der Waals surface area contributed by atoms with Gasteiger partial charge in [-0.1, -0.05) is 59.1 Å². The minimum absolute atomic E-state index is 0.0485. The molecule has 0 aliphatic rings. The lowest BCUT2D eigenvalue weighted by atomic mass is 10.1. The molecule has 3 rings (SSSR count). The third kappa shape index (κ3) is 7.22. The van der Waals surface area contributed by atoms with E-state index >= 15 is 0 Å². The molecule has 3 aromatic carbocycles. The number of esters is 2. The van der Waals surface area contributed by atoms with Crippen molar-refractivity contribution < 1.29 is 38.6 Å². The molecule has 0 saturated carbocycles. The highest BCUT2D eigenvalue weighted by molar-refractivity contribution is 6.34. The number of benzene rings is 3. The Kier molecular flexibility index (Phi) is 9.66. The van der Waals surface area contributed by atoms with E-state index in [0.29, 0.717) is 5.02 Å². The van der Waals surface area contributed by atoms with Crippen LogP contribution in [0.15, 0.2) is 72.8 Å². The molecule has 0 saturated heterocycles. The van der Waals surface area contributed by atoms with Crippen molar-refractivity contribution in [2.45, 2.75) is 12.2 Å². The average Bonchev–Trinajstić information content (AvgIpc) is 2.89. The van der Waals surface area contributed by atoms with Crippen molar-refractivity contribution in [3.8, 4) is 0 Å². The van der Waals surface area contributed by atoms with E-state index in [0.717, 1.165) is 0 Å². The molecule has 2 amide bonds. The molecule has 38 heavy (non-hydrogen) atoms. The van der Waals surface area contributed by atoms with Crippen LogP contribution in [0, 0.1) is 0 Å². The molecule has 0 aliphatic carbocycles. The Morgan fingerprint density at radius 1 is 0.658 bits per heavy atom. The number of rotatable bonds is 8. The van der Waals surface area contributed by atoms with Crippen LogP contribution in [0.3, 0.4) is 0 Å². The van der Waals surface area contributed by atoms with Crippen LogP contribution >= 0.6 is 34.8 Å². The summed E-state index contributed by atoms with van der Waals surface area (Å²) in [6.45, 7) is 0. The van der Waals surface area contributed by atoms with Crippen LogP contribution in [-0.2, 0) is 19.1 Å². The number of aliphatic carboxylic acids is 1. The molecule has 2 atom stereocenters. The van der Waals surface area contributed by atoms with E-state index in [4.69, 9.17) is 44.3 Å². The molecule has 13 heteroatoms. The predicted octanol–water partition coefficient (Wildman–Crippen LogP) is 3.94. The Labute approximate surface area is 230 Å². The van der Waals surface area contributed by atoms with Gasteiger partial charge in [0.2, 0.25) is 12.2 Å². The molecule has 0 radical (unpaired) electrons. The normalized spacial score (nSPS) is 12.0. The van der Waals surface area contributed by atoms with Crippen molar-refractivity contribution in [2.24, 2.45) is 0 Å². The second-order valence-corrected chi connectivity index (χ2v) is 8.65. The molecular formula is C25H17Cl3N2O8. The minimum atomic E-state index is -2.35. The van der Waals surface area contributed by atoms with Gasteiger partial charge >= 0.3 is 17.9 Å². The monoisotopic (exact) mass is 578 g/mol. The van der Waals surface area contributed by atoms with Crippen LogP contribution in [-0.4, -0.2) is 47.0 Å². The summed E-state index contributed by atoms with van der Waals surface area (Å²) in [4.78, 5) is 62.8. The van der Waals surface area contributed by atoms with Gasteiger partial charge in [0.15, 0.2) is 0 Å². The van der Waals surface area contributed by atoms with E-state index in [9.17, 15) is 29.1 Å². The number of hydrazine groups is 1. The van der Waals surface area contributed by atoms with Crippen LogP contribution in [0.4, 0.5) is 0 Å². The largest absolute Gasteiger partial charge is 0.478 e. The number of ether oxygens (including phenoxy) is 2. The highest BCUT2D eigenvalue weighted by Gasteiger charge is 2.41. The summed E-state index contributed by atoms with van der Waals surface area (Å²) in [7, 11) is 0. The molecule has 0 aliphatic heterocycles.